The smallest absolute Gasteiger partial charge is 0.308 e. The summed E-state index contributed by atoms with van der Waals surface area (Å²) in [5.74, 6) is 1.77. The predicted octanol–water partition coefficient (Wildman–Crippen LogP) is 6.09. The highest BCUT2D eigenvalue weighted by molar-refractivity contribution is 5.72. The number of carbonyl (C=O) groups excluding carboxylic acids is 1. The molecule has 0 bridgehead atoms. The fourth-order valence-electron chi connectivity index (χ4n) is 4.42. The average molecular weight is 325 g/mol. The molecular formula is C21H40O2. The van der Waals surface area contributed by atoms with Crippen molar-refractivity contribution >= 4 is 5.97 Å². The molecule has 0 spiro atoms. The van der Waals surface area contributed by atoms with Gasteiger partial charge in [-0.1, -0.05) is 68.7 Å². The molecule has 0 saturated heterocycles. The van der Waals surface area contributed by atoms with Crippen LogP contribution in [0.4, 0.5) is 0 Å². The van der Waals surface area contributed by atoms with Crippen molar-refractivity contribution in [2.45, 2.75) is 94.1 Å². The normalized spacial score (nSPS) is 30.8. The molecule has 0 heterocycles. The van der Waals surface area contributed by atoms with Crippen LogP contribution in [-0.2, 0) is 9.53 Å². The Hall–Kier alpha value is -0.530. The van der Waals surface area contributed by atoms with E-state index in [1.165, 1.54) is 0 Å². The van der Waals surface area contributed by atoms with Gasteiger partial charge < -0.3 is 4.74 Å². The molecule has 2 heteroatoms. The molecule has 0 aromatic carbocycles. The lowest BCUT2D eigenvalue weighted by molar-refractivity contribution is -0.166. The summed E-state index contributed by atoms with van der Waals surface area (Å²) in [6.45, 7) is 20.4. The van der Waals surface area contributed by atoms with Gasteiger partial charge in [-0.25, -0.2) is 0 Å². The van der Waals surface area contributed by atoms with Gasteiger partial charge in [-0.2, -0.15) is 0 Å². The standard InChI is InChI=1S/C21H40O2/c1-10-11-14(2)19(22)23-18-12-15(3)16(20(4,5)6)13-17(18)21(7,8)9/h14-18H,10-13H2,1-9H3. The maximum atomic E-state index is 12.4. The van der Waals surface area contributed by atoms with Crippen molar-refractivity contribution in [3.8, 4) is 0 Å². The topological polar surface area (TPSA) is 26.3 Å². The second-order valence-electron chi connectivity index (χ2n) is 10.1. The van der Waals surface area contributed by atoms with Crippen molar-refractivity contribution in [3.63, 3.8) is 0 Å². The van der Waals surface area contributed by atoms with Gasteiger partial charge in [-0.3, -0.25) is 4.79 Å². The first kappa shape index (κ1) is 20.5. The van der Waals surface area contributed by atoms with Crippen LogP contribution >= 0.6 is 0 Å². The van der Waals surface area contributed by atoms with E-state index in [4.69, 9.17) is 4.74 Å². The Morgan fingerprint density at radius 2 is 1.57 bits per heavy atom. The second-order valence-corrected chi connectivity index (χ2v) is 10.1. The van der Waals surface area contributed by atoms with Crippen LogP contribution < -0.4 is 0 Å². The fraction of sp³-hybridized carbons (Fsp3) is 0.952. The summed E-state index contributed by atoms with van der Waals surface area (Å²) >= 11 is 0. The summed E-state index contributed by atoms with van der Waals surface area (Å²) in [6.07, 6.45) is 4.20. The minimum absolute atomic E-state index is 0.00695. The summed E-state index contributed by atoms with van der Waals surface area (Å²) in [5, 5.41) is 0. The van der Waals surface area contributed by atoms with Crippen LogP contribution in [0.2, 0.25) is 0 Å². The van der Waals surface area contributed by atoms with E-state index in [1.54, 1.807) is 0 Å². The van der Waals surface area contributed by atoms with Gasteiger partial charge in [0.25, 0.3) is 0 Å². The zero-order valence-electron chi connectivity index (χ0n) is 17.0. The molecule has 5 unspecified atom stereocenters. The highest BCUT2D eigenvalue weighted by Crippen LogP contribution is 2.49. The van der Waals surface area contributed by atoms with Crippen LogP contribution in [0, 0.1) is 34.5 Å². The molecule has 136 valence electrons. The number of ether oxygens (including phenoxy) is 1. The molecule has 5 atom stereocenters. The monoisotopic (exact) mass is 324 g/mol. The zero-order chi connectivity index (χ0) is 18.0. The van der Waals surface area contributed by atoms with E-state index in [2.05, 4.69) is 55.4 Å². The van der Waals surface area contributed by atoms with Gasteiger partial charge in [0.05, 0.1) is 5.92 Å². The Morgan fingerprint density at radius 1 is 1.04 bits per heavy atom. The quantitative estimate of drug-likeness (QED) is 0.585. The molecule has 0 aromatic heterocycles. The summed E-state index contributed by atoms with van der Waals surface area (Å²) in [5.41, 5.74) is 0.482. The molecule has 1 rings (SSSR count). The van der Waals surface area contributed by atoms with Crippen LogP contribution in [0.15, 0.2) is 0 Å². The molecule has 1 fully saturated rings. The van der Waals surface area contributed by atoms with E-state index in [1.807, 2.05) is 6.92 Å². The van der Waals surface area contributed by atoms with E-state index >= 15 is 0 Å². The summed E-state index contributed by atoms with van der Waals surface area (Å²) in [6, 6.07) is 0. The lowest BCUT2D eigenvalue weighted by atomic mass is 9.58. The third-order valence-electron chi connectivity index (χ3n) is 5.86. The SMILES string of the molecule is CCCC(C)C(=O)OC1CC(C)C(C(C)(C)C)CC1C(C)(C)C. The third-order valence-corrected chi connectivity index (χ3v) is 5.86. The molecule has 23 heavy (non-hydrogen) atoms. The van der Waals surface area contributed by atoms with Crippen molar-refractivity contribution in [1.82, 2.24) is 0 Å². The Kier molecular flexibility index (Phi) is 6.75. The Labute approximate surface area is 144 Å². The number of rotatable bonds is 4. The van der Waals surface area contributed by atoms with Gasteiger partial charge >= 0.3 is 5.97 Å². The van der Waals surface area contributed by atoms with Gasteiger partial charge in [-0.15, -0.1) is 0 Å². The molecule has 0 N–H and O–H groups in total. The lowest BCUT2D eigenvalue weighted by Crippen LogP contribution is -2.46. The highest BCUT2D eigenvalue weighted by atomic mass is 16.5. The average Bonchev–Trinajstić information content (AvgIpc) is 2.35. The first-order chi connectivity index (χ1) is 10.4. The first-order valence-electron chi connectivity index (χ1n) is 9.58. The van der Waals surface area contributed by atoms with E-state index in [0.717, 1.165) is 25.7 Å². The van der Waals surface area contributed by atoms with Crippen molar-refractivity contribution in [3.05, 3.63) is 0 Å². The van der Waals surface area contributed by atoms with Crippen molar-refractivity contribution in [2.24, 2.45) is 34.5 Å². The van der Waals surface area contributed by atoms with Gasteiger partial charge in [0.15, 0.2) is 0 Å². The molecule has 0 aliphatic heterocycles. The predicted molar refractivity (Wildman–Crippen MR) is 98.2 cm³/mol. The Morgan fingerprint density at radius 3 is 2.00 bits per heavy atom. The summed E-state index contributed by atoms with van der Waals surface area (Å²) < 4.78 is 6.04. The van der Waals surface area contributed by atoms with Crippen molar-refractivity contribution in [2.75, 3.05) is 0 Å². The molecule has 0 amide bonds. The molecule has 0 aromatic rings. The van der Waals surface area contributed by atoms with Crippen LogP contribution in [0.1, 0.15) is 88.0 Å². The Balaban J connectivity index is 2.91. The van der Waals surface area contributed by atoms with Crippen LogP contribution in [0.3, 0.4) is 0 Å². The molecule has 1 aliphatic carbocycles. The Bertz CT molecular complexity index is 386. The van der Waals surface area contributed by atoms with Gasteiger partial charge in [-0.05, 0) is 41.9 Å². The summed E-state index contributed by atoms with van der Waals surface area (Å²) in [4.78, 5) is 12.4. The highest BCUT2D eigenvalue weighted by Gasteiger charge is 2.45. The van der Waals surface area contributed by atoms with Crippen LogP contribution in [0.5, 0.6) is 0 Å². The third kappa shape index (κ3) is 5.50. The molecule has 2 nitrogen and oxygen atoms in total. The molecular weight excluding hydrogens is 284 g/mol. The van der Waals surface area contributed by atoms with Gasteiger partial charge in [0.1, 0.15) is 6.10 Å². The summed E-state index contributed by atoms with van der Waals surface area (Å²) in [7, 11) is 0. The zero-order valence-corrected chi connectivity index (χ0v) is 17.0. The first-order valence-corrected chi connectivity index (χ1v) is 9.58. The van der Waals surface area contributed by atoms with E-state index in [0.29, 0.717) is 23.2 Å². The van der Waals surface area contributed by atoms with Gasteiger partial charge in [0.2, 0.25) is 0 Å². The minimum atomic E-state index is 0.00695. The number of hydrogen-bond donors (Lipinski definition) is 0. The van der Waals surface area contributed by atoms with Crippen molar-refractivity contribution < 1.29 is 9.53 Å². The van der Waals surface area contributed by atoms with Crippen LogP contribution in [-0.4, -0.2) is 12.1 Å². The maximum Gasteiger partial charge on any atom is 0.308 e. The van der Waals surface area contributed by atoms with E-state index in [9.17, 15) is 4.79 Å². The van der Waals surface area contributed by atoms with Crippen LogP contribution in [0.25, 0.3) is 0 Å². The number of esters is 1. The second kappa shape index (κ2) is 7.57. The molecule has 1 saturated carbocycles. The minimum Gasteiger partial charge on any atom is -0.462 e. The number of hydrogen-bond acceptors (Lipinski definition) is 2. The van der Waals surface area contributed by atoms with Crippen molar-refractivity contribution in [1.29, 1.82) is 0 Å². The molecule has 1 aliphatic rings. The fourth-order valence-corrected chi connectivity index (χ4v) is 4.42. The lowest BCUT2D eigenvalue weighted by Gasteiger charge is -2.49. The largest absolute Gasteiger partial charge is 0.462 e. The maximum absolute atomic E-state index is 12.4. The van der Waals surface area contributed by atoms with Gasteiger partial charge in [0, 0.05) is 5.92 Å². The van der Waals surface area contributed by atoms with E-state index < -0.39 is 0 Å². The molecule has 0 radical (unpaired) electrons. The van der Waals surface area contributed by atoms with E-state index in [-0.39, 0.29) is 23.4 Å². The number of carbonyl (C=O) groups is 1.